The summed E-state index contributed by atoms with van der Waals surface area (Å²) in [7, 11) is 0. The number of aromatic carboxylic acids is 1. The molecule has 0 radical (unpaired) electrons. The molecule has 1 aromatic heterocycles. The Labute approximate surface area is 98.1 Å². The minimum Gasteiger partial charge on any atom is -0.477 e. The van der Waals surface area contributed by atoms with Gasteiger partial charge in [0.1, 0.15) is 11.0 Å². The first-order valence-electron chi connectivity index (χ1n) is 5.14. The van der Waals surface area contributed by atoms with E-state index in [0.29, 0.717) is 12.4 Å². The molecule has 0 bridgehead atoms. The molecule has 1 aromatic rings. The molecule has 0 unspecified atom stereocenters. The second-order valence-corrected chi connectivity index (χ2v) is 4.17. The summed E-state index contributed by atoms with van der Waals surface area (Å²) >= 11 is 5.75. The lowest BCUT2D eigenvalue weighted by Crippen LogP contribution is -2.20. The van der Waals surface area contributed by atoms with Crippen molar-refractivity contribution in [3.63, 3.8) is 0 Å². The van der Waals surface area contributed by atoms with Gasteiger partial charge in [-0.25, -0.2) is 14.8 Å². The number of likely N-dealkylation sites (tertiary alicyclic amines) is 1. The van der Waals surface area contributed by atoms with Crippen LogP contribution < -0.4 is 0 Å². The third-order valence-electron chi connectivity index (χ3n) is 2.52. The highest BCUT2D eigenvalue weighted by Crippen LogP contribution is 2.13. The number of carboxylic acids is 1. The molecule has 0 amide bonds. The maximum Gasteiger partial charge on any atom is 0.354 e. The number of hydrogen-bond acceptors (Lipinski definition) is 4. The fraction of sp³-hybridized carbons (Fsp3) is 0.500. The molecule has 0 aromatic carbocycles. The van der Waals surface area contributed by atoms with E-state index >= 15 is 0 Å². The molecule has 2 rings (SSSR count). The average molecular weight is 242 g/mol. The molecule has 1 N–H and O–H groups in total. The van der Waals surface area contributed by atoms with Gasteiger partial charge in [-0.2, -0.15) is 0 Å². The number of nitrogens with zero attached hydrogens (tertiary/aromatic N) is 3. The van der Waals surface area contributed by atoms with Crippen molar-refractivity contribution < 1.29 is 9.90 Å². The molecule has 0 saturated carbocycles. The molecule has 0 aliphatic carbocycles. The zero-order chi connectivity index (χ0) is 11.5. The van der Waals surface area contributed by atoms with Gasteiger partial charge in [-0.3, -0.25) is 4.90 Å². The SMILES string of the molecule is O=C(O)c1cc(Cl)nc(CN2CCCC2)n1. The largest absolute Gasteiger partial charge is 0.477 e. The van der Waals surface area contributed by atoms with Gasteiger partial charge in [0.25, 0.3) is 0 Å². The van der Waals surface area contributed by atoms with Crippen LogP contribution in [0.25, 0.3) is 0 Å². The lowest BCUT2D eigenvalue weighted by Gasteiger charge is -2.13. The van der Waals surface area contributed by atoms with Gasteiger partial charge in [0.15, 0.2) is 5.69 Å². The van der Waals surface area contributed by atoms with E-state index in [9.17, 15) is 4.79 Å². The van der Waals surface area contributed by atoms with E-state index < -0.39 is 5.97 Å². The summed E-state index contributed by atoms with van der Waals surface area (Å²) in [5.74, 6) is -0.598. The highest BCUT2D eigenvalue weighted by molar-refractivity contribution is 6.29. The Balaban J connectivity index is 2.16. The van der Waals surface area contributed by atoms with Crippen LogP contribution in [0, 0.1) is 0 Å². The Morgan fingerprint density at radius 2 is 2.12 bits per heavy atom. The van der Waals surface area contributed by atoms with Crippen molar-refractivity contribution in [2.24, 2.45) is 0 Å². The first-order valence-corrected chi connectivity index (χ1v) is 5.52. The minimum absolute atomic E-state index is 0.0470. The predicted octanol–water partition coefficient (Wildman–Crippen LogP) is 1.42. The highest BCUT2D eigenvalue weighted by atomic mass is 35.5. The molecule has 5 nitrogen and oxygen atoms in total. The number of hydrogen-bond donors (Lipinski definition) is 1. The van der Waals surface area contributed by atoms with Gasteiger partial charge in [0, 0.05) is 6.07 Å². The van der Waals surface area contributed by atoms with Crippen molar-refractivity contribution in [2.75, 3.05) is 13.1 Å². The maximum absolute atomic E-state index is 10.8. The Morgan fingerprint density at radius 3 is 2.75 bits per heavy atom. The zero-order valence-electron chi connectivity index (χ0n) is 8.69. The summed E-state index contributed by atoms with van der Waals surface area (Å²) in [4.78, 5) is 21.0. The van der Waals surface area contributed by atoms with Crippen LogP contribution in [0.3, 0.4) is 0 Å². The van der Waals surface area contributed by atoms with Crippen LogP contribution in [0.5, 0.6) is 0 Å². The fourth-order valence-electron chi connectivity index (χ4n) is 1.79. The van der Waals surface area contributed by atoms with Crippen LogP contribution in [-0.4, -0.2) is 39.0 Å². The first-order chi connectivity index (χ1) is 7.65. The van der Waals surface area contributed by atoms with Crippen molar-refractivity contribution in [1.29, 1.82) is 0 Å². The van der Waals surface area contributed by atoms with Crippen molar-refractivity contribution in [1.82, 2.24) is 14.9 Å². The van der Waals surface area contributed by atoms with Crippen LogP contribution in [-0.2, 0) is 6.54 Å². The summed E-state index contributed by atoms with van der Waals surface area (Å²) in [6.07, 6.45) is 2.35. The van der Waals surface area contributed by atoms with Gasteiger partial charge in [-0.1, -0.05) is 11.6 Å². The molecule has 1 aliphatic heterocycles. The number of rotatable bonds is 3. The van der Waals surface area contributed by atoms with Gasteiger partial charge in [-0.15, -0.1) is 0 Å². The minimum atomic E-state index is -1.08. The van der Waals surface area contributed by atoms with Crippen LogP contribution in [0.4, 0.5) is 0 Å². The van der Waals surface area contributed by atoms with E-state index in [4.69, 9.17) is 16.7 Å². The fourth-order valence-corrected chi connectivity index (χ4v) is 1.99. The molecule has 6 heteroatoms. The van der Waals surface area contributed by atoms with Gasteiger partial charge in [-0.05, 0) is 25.9 Å². The van der Waals surface area contributed by atoms with Gasteiger partial charge >= 0.3 is 5.97 Å². The molecule has 0 atom stereocenters. The van der Waals surface area contributed by atoms with Gasteiger partial charge in [0.2, 0.25) is 0 Å². The van der Waals surface area contributed by atoms with E-state index in [-0.39, 0.29) is 10.8 Å². The topological polar surface area (TPSA) is 66.3 Å². The number of carbonyl (C=O) groups is 1. The maximum atomic E-state index is 10.8. The summed E-state index contributed by atoms with van der Waals surface area (Å²) in [6.45, 7) is 2.59. The third kappa shape index (κ3) is 2.68. The molecule has 0 spiro atoms. The predicted molar refractivity (Wildman–Crippen MR) is 58.5 cm³/mol. The summed E-state index contributed by atoms with van der Waals surface area (Å²) < 4.78 is 0. The second-order valence-electron chi connectivity index (χ2n) is 3.78. The zero-order valence-corrected chi connectivity index (χ0v) is 9.44. The molecular formula is C10H12ClN3O2. The van der Waals surface area contributed by atoms with Crippen molar-refractivity contribution in [2.45, 2.75) is 19.4 Å². The summed E-state index contributed by atoms with van der Waals surface area (Å²) in [5.41, 5.74) is -0.0470. The number of halogens is 1. The Hall–Kier alpha value is -1.20. The highest BCUT2D eigenvalue weighted by Gasteiger charge is 2.15. The normalized spacial score (nSPS) is 16.6. The monoisotopic (exact) mass is 241 g/mol. The third-order valence-corrected chi connectivity index (χ3v) is 2.72. The van der Waals surface area contributed by atoms with Crippen molar-refractivity contribution in [3.8, 4) is 0 Å². The standard InChI is InChI=1S/C10H12ClN3O2/c11-8-5-7(10(15)16)12-9(13-8)6-14-3-1-2-4-14/h5H,1-4,6H2,(H,15,16). The smallest absolute Gasteiger partial charge is 0.354 e. The quantitative estimate of drug-likeness (QED) is 0.811. The summed E-state index contributed by atoms with van der Waals surface area (Å²) in [5, 5.41) is 9.01. The molecule has 1 fully saturated rings. The van der Waals surface area contributed by atoms with E-state index in [2.05, 4.69) is 14.9 Å². The van der Waals surface area contributed by atoms with Gasteiger partial charge < -0.3 is 5.11 Å². The molecule has 1 saturated heterocycles. The Bertz CT molecular complexity index is 405. The second kappa shape index (κ2) is 4.76. The Morgan fingerprint density at radius 1 is 1.44 bits per heavy atom. The van der Waals surface area contributed by atoms with Crippen LogP contribution in [0.1, 0.15) is 29.2 Å². The lowest BCUT2D eigenvalue weighted by atomic mass is 10.4. The number of aromatic nitrogens is 2. The molecule has 2 heterocycles. The molecule has 16 heavy (non-hydrogen) atoms. The van der Waals surface area contributed by atoms with Crippen LogP contribution in [0.15, 0.2) is 6.07 Å². The molecule has 1 aliphatic rings. The van der Waals surface area contributed by atoms with Gasteiger partial charge in [0.05, 0.1) is 6.54 Å². The first kappa shape index (κ1) is 11.3. The van der Waals surface area contributed by atoms with E-state index in [0.717, 1.165) is 13.1 Å². The van der Waals surface area contributed by atoms with E-state index in [1.165, 1.54) is 18.9 Å². The summed E-state index contributed by atoms with van der Waals surface area (Å²) in [6, 6.07) is 1.26. The molecular weight excluding hydrogens is 230 g/mol. The molecule has 86 valence electrons. The number of carboxylic acid groups (broad SMARTS) is 1. The Kier molecular flexibility index (Phi) is 3.36. The van der Waals surface area contributed by atoms with Crippen LogP contribution in [0.2, 0.25) is 5.15 Å². The van der Waals surface area contributed by atoms with Crippen LogP contribution >= 0.6 is 11.6 Å². The average Bonchev–Trinajstić information content (AvgIpc) is 2.69. The van der Waals surface area contributed by atoms with E-state index in [1.54, 1.807) is 0 Å². The van der Waals surface area contributed by atoms with Crippen molar-refractivity contribution >= 4 is 17.6 Å². The van der Waals surface area contributed by atoms with Crippen molar-refractivity contribution in [3.05, 3.63) is 22.7 Å². The van der Waals surface area contributed by atoms with E-state index in [1.807, 2.05) is 0 Å². The lowest BCUT2D eigenvalue weighted by molar-refractivity contribution is 0.0689.